The number of hydrogen-bond donors (Lipinski definition) is 7. The predicted octanol–water partition coefficient (Wildman–Crippen LogP) is 11.3. The molecular weight excluding hydrogens is 1440 g/mol. The van der Waals surface area contributed by atoms with E-state index < -0.39 is 65.5 Å². The Balaban J connectivity index is 0.000000277. The first-order chi connectivity index (χ1) is 49.9. The van der Waals surface area contributed by atoms with Gasteiger partial charge in [0.1, 0.15) is 12.1 Å². The van der Waals surface area contributed by atoms with Gasteiger partial charge in [-0.05, 0) is 154 Å². The third kappa shape index (κ3) is 27.1. The monoisotopic (exact) mass is 1520 g/mol. The molecule has 8 aromatic rings. The summed E-state index contributed by atoms with van der Waals surface area (Å²) in [5, 5.41) is 20.6. The number of rotatable bonds is 28. The Hall–Kier alpha value is -11.3. The minimum absolute atomic E-state index is 0.0299. The summed E-state index contributed by atoms with van der Waals surface area (Å²) in [6.07, 6.45) is 0.917. The quantitative estimate of drug-likeness (QED) is 0.0104. The van der Waals surface area contributed by atoms with Crippen molar-refractivity contribution >= 4 is 141 Å². The minimum atomic E-state index is -1.07. The zero-order valence-corrected chi connectivity index (χ0v) is 61.7. The van der Waals surface area contributed by atoms with E-state index in [9.17, 15) is 52.7 Å². The topological polar surface area (TPSA) is 381 Å². The molecule has 1 aromatic heterocycles. The molecule has 0 aliphatic heterocycles. The first-order valence-corrected chi connectivity index (χ1v) is 33.8. The van der Waals surface area contributed by atoms with E-state index in [0.29, 0.717) is 65.9 Å². The zero-order chi connectivity index (χ0) is 77.6. The Labute approximate surface area is 625 Å². The van der Waals surface area contributed by atoms with Gasteiger partial charge in [-0.3, -0.25) is 34.1 Å². The van der Waals surface area contributed by atoms with Crippen molar-refractivity contribution in [3.05, 3.63) is 220 Å². The molecule has 0 spiro atoms. The first-order valence-electron chi connectivity index (χ1n) is 32.2. The third-order valence-electron chi connectivity index (χ3n) is 14.3. The molecule has 0 saturated heterocycles. The highest BCUT2D eigenvalue weighted by Gasteiger charge is 2.29. The summed E-state index contributed by atoms with van der Waals surface area (Å²) in [6.45, 7) is 11.9. The molecule has 8 rings (SSSR count). The van der Waals surface area contributed by atoms with Crippen LogP contribution in [0, 0.1) is 0 Å². The molecule has 27 nitrogen and oxygen atoms in total. The fraction of sp³-hybridized carbons (Fsp3) is 0.270. The van der Waals surface area contributed by atoms with Gasteiger partial charge in [0, 0.05) is 70.7 Å². The number of esters is 2. The predicted molar refractivity (Wildman–Crippen MR) is 399 cm³/mol. The van der Waals surface area contributed by atoms with Crippen LogP contribution >= 0.6 is 46.4 Å². The molecule has 105 heavy (non-hydrogen) atoms. The standard InChI is InChI=1S/C32H34Cl2N4O7.C19H20Cl2N2O3.C13H14N2O4.C10H12N2O3/c1-5-44-32(43)37-26-14-11-21(17-38(4)18-39)15-23(26)29(40)35-22-12-9-20(10-13-22)16-27(31(42)45-19(2)3)36-30(41)28-24(33)7-6-8-25(28)34;1-11(2)26-19(25)16(10-12-6-8-13(22)9-7-12)23-18(24)17-14(20)4-3-5-15(17)21;1-3-18-13-14-11-5-4-9(7-15(2)8-16)6-10(11)12(17)19-13;1-12(6-13)5-7-2-3-9(11)8(4-7)10(14)15/h6-15,18-19,27H,5,16-17H2,1-4H3,(H,35,40)(H,36,41)(H,37,43);3-9,11,16H,10,22H2,1-2H3,(H,23,24);4-6,8H,3,7H2,1-2H3;2-4,6H,5,11H2,1H3,(H,14,15)/t27-;16-;;/m00../s1. The van der Waals surface area contributed by atoms with Crippen molar-refractivity contribution in [1.29, 1.82) is 0 Å². The highest BCUT2D eigenvalue weighted by molar-refractivity contribution is 6.40. The van der Waals surface area contributed by atoms with Gasteiger partial charge in [0.25, 0.3) is 17.7 Å². The SMILES string of the molecule is CC(C)OC(=O)[C@H](Cc1ccc(N)cc1)NC(=O)c1c(Cl)cccc1Cl.CCOC(=O)Nc1ccc(CN(C)C=O)cc1C(=O)Nc1ccc(C[C@H](NC(=O)c2c(Cl)cccc2Cl)C(=O)OC(C)C)cc1.CCOc1nc2ccc(CN(C)C=O)cc2c(=O)o1.CN(C=O)Cc1ccc(N)c(C(=O)O)c1. The normalized spacial score (nSPS) is 11.0. The van der Waals surface area contributed by atoms with E-state index in [1.807, 2.05) is 6.07 Å². The molecule has 0 aliphatic carbocycles. The van der Waals surface area contributed by atoms with Crippen molar-refractivity contribution in [2.45, 2.75) is 98.3 Å². The Morgan fingerprint density at radius 1 is 0.552 bits per heavy atom. The van der Waals surface area contributed by atoms with Crippen molar-refractivity contribution in [3.63, 3.8) is 0 Å². The summed E-state index contributed by atoms with van der Waals surface area (Å²) >= 11 is 24.5. The number of nitrogens with two attached hydrogens (primary N) is 2. The smallest absolute Gasteiger partial charge is 0.411 e. The number of halogens is 4. The second kappa shape index (κ2) is 41.7. The van der Waals surface area contributed by atoms with E-state index in [1.54, 1.807) is 172 Å². The Bertz CT molecular complexity index is 4390. The second-order valence-electron chi connectivity index (χ2n) is 23.6. The number of benzene rings is 7. The lowest BCUT2D eigenvalue weighted by molar-refractivity contribution is -0.150. The molecule has 0 bridgehead atoms. The van der Waals surface area contributed by atoms with E-state index in [4.69, 9.17) is 86.3 Å². The van der Waals surface area contributed by atoms with Crippen molar-refractivity contribution < 1.29 is 76.4 Å². The average Bonchev–Trinajstić information content (AvgIpc) is 0.832. The fourth-order valence-corrected chi connectivity index (χ4v) is 10.6. The molecule has 7 aromatic carbocycles. The number of ether oxygens (including phenoxy) is 4. The number of aromatic nitrogens is 1. The minimum Gasteiger partial charge on any atom is -0.478 e. The van der Waals surface area contributed by atoms with Crippen LogP contribution in [0.15, 0.2) is 149 Å². The molecule has 7 amide bonds. The van der Waals surface area contributed by atoms with Crippen molar-refractivity contribution in [3.8, 4) is 6.08 Å². The number of anilines is 4. The molecule has 556 valence electrons. The second-order valence-corrected chi connectivity index (χ2v) is 25.2. The molecule has 31 heteroatoms. The summed E-state index contributed by atoms with van der Waals surface area (Å²) in [4.78, 5) is 139. The Morgan fingerprint density at radius 3 is 1.42 bits per heavy atom. The number of nitrogen functional groups attached to an aromatic ring is 2. The fourth-order valence-electron chi connectivity index (χ4n) is 9.46. The number of fused-ring (bicyclic) bond motifs is 1. The van der Waals surface area contributed by atoms with Crippen LogP contribution in [-0.4, -0.2) is 144 Å². The maximum absolute atomic E-state index is 13.3. The number of amides is 7. The van der Waals surface area contributed by atoms with Crippen LogP contribution in [0.3, 0.4) is 0 Å². The van der Waals surface area contributed by atoms with Gasteiger partial charge < -0.3 is 70.6 Å². The molecule has 1 heterocycles. The molecule has 0 saturated carbocycles. The van der Waals surface area contributed by atoms with Gasteiger partial charge in [0.2, 0.25) is 19.2 Å². The van der Waals surface area contributed by atoms with E-state index in [0.717, 1.165) is 23.1 Å². The maximum atomic E-state index is 13.3. The summed E-state index contributed by atoms with van der Waals surface area (Å²) in [7, 11) is 4.88. The van der Waals surface area contributed by atoms with Crippen LogP contribution in [0.2, 0.25) is 20.1 Å². The van der Waals surface area contributed by atoms with Gasteiger partial charge in [-0.25, -0.2) is 24.0 Å². The zero-order valence-electron chi connectivity index (χ0n) is 58.7. The van der Waals surface area contributed by atoms with Gasteiger partial charge in [-0.1, -0.05) is 101 Å². The number of carbonyl (C=O) groups excluding carboxylic acids is 9. The highest BCUT2D eigenvalue weighted by Crippen LogP contribution is 2.28. The molecule has 0 unspecified atom stereocenters. The molecule has 0 radical (unpaired) electrons. The van der Waals surface area contributed by atoms with Crippen LogP contribution in [0.5, 0.6) is 6.08 Å². The highest BCUT2D eigenvalue weighted by atomic mass is 35.5. The summed E-state index contributed by atoms with van der Waals surface area (Å²) in [6, 6.07) is 35.8. The molecule has 0 aliphatic rings. The molecule has 0 fully saturated rings. The number of carbonyl (C=O) groups is 10. The lowest BCUT2D eigenvalue weighted by atomic mass is 10.0. The van der Waals surface area contributed by atoms with Crippen molar-refractivity contribution in [1.82, 2.24) is 30.3 Å². The van der Waals surface area contributed by atoms with Crippen LogP contribution in [0.1, 0.15) is 111 Å². The lowest BCUT2D eigenvalue weighted by Crippen LogP contribution is -2.44. The van der Waals surface area contributed by atoms with Crippen LogP contribution in [0.4, 0.5) is 27.5 Å². The average molecular weight is 1520 g/mol. The number of carboxylic acid groups (broad SMARTS) is 1. The largest absolute Gasteiger partial charge is 0.478 e. The third-order valence-corrected chi connectivity index (χ3v) is 15.6. The first kappa shape index (κ1) is 84.4. The van der Waals surface area contributed by atoms with Gasteiger partial charge in [-0.15, -0.1) is 0 Å². The number of nitrogens with one attached hydrogen (secondary N) is 4. The van der Waals surface area contributed by atoms with Crippen LogP contribution < -0.4 is 43.1 Å². The Kier molecular flexibility index (Phi) is 33.6. The number of hydrogen-bond acceptors (Lipinski definition) is 19. The molecule has 2 atom stereocenters. The van der Waals surface area contributed by atoms with Gasteiger partial charge in [0.05, 0.1) is 84.4 Å². The Morgan fingerprint density at radius 2 is 0.981 bits per heavy atom. The van der Waals surface area contributed by atoms with Crippen molar-refractivity contribution in [2.24, 2.45) is 0 Å². The van der Waals surface area contributed by atoms with Crippen molar-refractivity contribution in [2.75, 3.05) is 56.5 Å². The molecular formula is C74H80Cl4N10O17. The summed E-state index contributed by atoms with van der Waals surface area (Å²) in [5.41, 5.74) is 16.8. The van der Waals surface area contributed by atoms with E-state index in [1.165, 1.54) is 39.0 Å². The number of aromatic carboxylic acids is 1. The van der Waals surface area contributed by atoms with Gasteiger partial charge in [-0.2, -0.15) is 4.98 Å². The van der Waals surface area contributed by atoms with E-state index in [-0.39, 0.29) is 91.9 Å². The number of carboxylic acids is 1. The van der Waals surface area contributed by atoms with E-state index >= 15 is 0 Å². The summed E-state index contributed by atoms with van der Waals surface area (Å²) < 4.78 is 25.6. The number of nitrogens with zero attached hydrogens (tertiary/aromatic N) is 4. The van der Waals surface area contributed by atoms with E-state index in [2.05, 4.69) is 26.3 Å². The van der Waals surface area contributed by atoms with Crippen LogP contribution in [0.25, 0.3) is 10.9 Å². The van der Waals surface area contributed by atoms with Gasteiger partial charge >= 0.3 is 35.7 Å². The van der Waals surface area contributed by atoms with Gasteiger partial charge in [0.15, 0.2) is 0 Å². The maximum Gasteiger partial charge on any atom is 0.411 e. The lowest BCUT2D eigenvalue weighted by Gasteiger charge is -2.20. The van der Waals surface area contributed by atoms with Crippen LogP contribution in [-0.2, 0) is 70.7 Å². The summed E-state index contributed by atoms with van der Waals surface area (Å²) in [5.74, 6) is -3.93. The molecule has 9 N–H and O–H groups in total.